The summed E-state index contributed by atoms with van der Waals surface area (Å²) in [7, 11) is 0. The minimum Gasteiger partial charge on any atom is -0.444 e. The van der Waals surface area contributed by atoms with Gasteiger partial charge in [0.05, 0.1) is 23.9 Å². The summed E-state index contributed by atoms with van der Waals surface area (Å²) >= 11 is 9.31. The highest BCUT2D eigenvalue weighted by Gasteiger charge is 2.12. The summed E-state index contributed by atoms with van der Waals surface area (Å²) in [5.41, 5.74) is 1.45. The van der Waals surface area contributed by atoms with Crippen LogP contribution < -0.4 is 5.32 Å². The highest BCUT2D eigenvalue weighted by molar-refractivity contribution is 9.10. The lowest BCUT2D eigenvalue weighted by Gasteiger charge is -2.07. The first-order valence-corrected chi connectivity index (χ1v) is 7.54. The molecule has 0 radical (unpaired) electrons. The SMILES string of the molecule is OCc1ccc(Cl)c(NCc2nnc(-c3ccc(Br)o3)o2)c1. The number of nitrogens with zero attached hydrogens (tertiary/aromatic N) is 2. The largest absolute Gasteiger partial charge is 0.444 e. The number of hydrogen-bond acceptors (Lipinski definition) is 6. The van der Waals surface area contributed by atoms with Crippen LogP contribution in [0, 0.1) is 0 Å². The van der Waals surface area contributed by atoms with Gasteiger partial charge in [0.2, 0.25) is 5.89 Å². The minimum absolute atomic E-state index is 0.0517. The first-order valence-electron chi connectivity index (χ1n) is 6.37. The normalized spacial score (nSPS) is 10.9. The molecule has 3 aromatic rings. The summed E-state index contributed by atoms with van der Waals surface area (Å²) in [4.78, 5) is 0. The number of benzene rings is 1. The molecule has 0 aliphatic rings. The maximum atomic E-state index is 9.14. The number of furan rings is 1. The maximum Gasteiger partial charge on any atom is 0.283 e. The molecule has 2 aromatic heterocycles. The molecule has 1 aromatic carbocycles. The predicted molar refractivity (Wildman–Crippen MR) is 84.4 cm³/mol. The Kier molecular flexibility index (Phi) is 4.47. The zero-order valence-corrected chi connectivity index (χ0v) is 13.6. The van der Waals surface area contributed by atoms with Gasteiger partial charge in [0.1, 0.15) is 0 Å². The second kappa shape index (κ2) is 6.51. The van der Waals surface area contributed by atoms with E-state index in [4.69, 9.17) is 25.5 Å². The van der Waals surface area contributed by atoms with Crippen LogP contribution in [0.2, 0.25) is 5.02 Å². The summed E-state index contributed by atoms with van der Waals surface area (Å²) < 4.78 is 11.4. The number of aliphatic hydroxyl groups is 1. The lowest BCUT2D eigenvalue weighted by Crippen LogP contribution is -2.01. The third kappa shape index (κ3) is 3.32. The van der Waals surface area contributed by atoms with E-state index in [-0.39, 0.29) is 6.61 Å². The van der Waals surface area contributed by atoms with E-state index in [9.17, 15) is 0 Å². The van der Waals surface area contributed by atoms with Crippen molar-refractivity contribution in [2.45, 2.75) is 13.2 Å². The van der Waals surface area contributed by atoms with E-state index in [2.05, 4.69) is 31.4 Å². The van der Waals surface area contributed by atoms with Gasteiger partial charge >= 0.3 is 0 Å². The number of hydrogen-bond donors (Lipinski definition) is 2. The van der Waals surface area contributed by atoms with E-state index in [1.54, 1.807) is 30.3 Å². The monoisotopic (exact) mass is 383 g/mol. The van der Waals surface area contributed by atoms with Crippen LogP contribution in [-0.4, -0.2) is 15.3 Å². The molecule has 0 bridgehead atoms. The molecule has 0 atom stereocenters. The van der Waals surface area contributed by atoms with Crippen LogP contribution in [0.1, 0.15) is 11.5 Å². The van der Waals surface area contributed by atoms with Crippen molar-refractivity contribution in [2.75, 3.05) is 5.32 Å². The highest BCUT2D eigenvalue weighted by Crippen LogP contribution is 2.25. The molecule has 0 aliphatic heterocycles. The number of aliphatic hydroxyl groups excluding tert-OH is 1. The average Bonchev–Trinajstić information content (AvgIpc) is 3.15. The Morgan fingerprint density at radius 3 is 2.77 bits per heavy atom. The van der Waals surface area contributed by atoms with Crippen molar-refractivity contribution in [3.63, 3.8) is 0 Å². The van der Waals surface area contributed by atoms with Crippen LogP contribution in [0.4, 0.5) is 5.69 Å². The molecule has 0 saturated carbocycles. The summed E-state index contributed by atoms with van der Waals surface area (Å²) in [6, 6.07) is 8.72. The summed E-state index contributed by atoms with van der Waals surface area (Å²) in [5.74, 6) is 1.19. The lowest BCUT2D eigenvalue weighted by molar-refractivity contribution is 0.282. The van der Waals surface area contributed by atoms with Crippen LogP contribution in [0.5, 0.6) is 0 Å². The van der Waals surface area contributed by atoms with Crippen LogP contribution in [0.15, 0.2) is 43.8 Å². The van der Waals surface area contributed by atoms with Crippen molar-refractivity contribution in [3.05, 3.63) is 51.5 Å². The van der Waals surface area contributed by atoms with Crippen molar-refractivity contribution < 1.29 is 13.9 Å². The summed E-state index contributed by atoms with van der Waals surface area (Å²) in [6.45, 7) is 0.257. The molecule has 0 amide bonds. The fourth-order valence-corrected chi connectivity index (χ4v) is 2.32. The van der Waals surface area contributed by atoms with Crippen LogP contribution in [-0.2, 0) is 13.2 Å². The Hall–Kier alpha value is -1.83. The average molecular weight is 385 g/mol. The molecular formula is C14H11BrClN3O3. The molecule has 6 nitrogen and oxygen atoms in total. The van der Waals surface area contributed by atoms with E-state index >= 15 is 0 Å². The third-order valence-electron chi connectivity index (χ3n) is 2.89. The predicted octanol–water partition coefficient (Wildman–Crippen LogP) is 3.85. The number of aromatic nitrogens is 2. The van der Waals surface area contributed by atoms with E-state index < -0.39 is 0 Å². The number of nitrogens with one attached hydrogen (secondary N) is 1. The Balaban J connectivity index is 1.71. The van der Waals surface area contributed by atoms with E-state index in [0.717, 1.165) is 5.56 Å². The topological polar surface area (TPSA) is 84.3 Å². The van der Waals surface area contributed by atoms with Gasteiger partial charge in [-0.2, -0.15) is 0 Å². The smallest absolute Gasteiger partial charge is 0.283 e. The fourth-order valence-electron chi connectivity index (χ4n) is 1.83. The molecule has 0 fully saturated rings. The van der Waals surface area contributed by atoms with Gasteiger partial charge in [0, 0.05) is 0 Å². The van der Waals surface area contributed by atoms with Gasteiger partial charge in [0.25, 0.3) is 5.89 Å². The van der Waals surface area contributed by atoms with Gasteiger partial charge in [-0.3, -0.25) is 0 Å². The van der Waals surface area contributed by atoms with Crippen molar-refractivity contribution >= 4 is 33.2 Å². The Morgan fingerprint density at radius 2 is 2.05 bits per heavy atom. The molecule has 2 heterocycles. The Bertz CT molecular complexity index is 787. The van der Waals surface area contributed by atoms with Gasteiger partial charge in [-0.25, -0.2) is 0 Å². The maximum absolute atomic E-state index is 9.14. The second-order valence-corrected chi connectivity index (χ2v) is 5.62. The van der Waals surface area contributed by atoms with Gasteiger partial charge in [-0.05, 0) is 45.8 Å². The first kappa shape index (κ1) is 15.1. The van der Waals surface area contributed by atoms with E-state index in [1.165, 1.54) is 0 Å². The lowest BCUT2D eigenvalue weighted by atomic mass is 10.2. The van der Waals surface area contributed by atoms with Gasteiger partial charge in [-0.15, -0.1) is 10.2 Å². The zero-order chi connectivity index (χ0) is 15.5. The standard InChI is InChI=1S/C14H11BrClN3O3/c15-12-4-3-11(21-12)14-19-18-13(22-14)6-17-10-5-8(7-20)1-2-9(10)16/h1-5,17,20H,6-7H2. The van der Waals surface area contributed by atoms with Gasteiger partial charge < -0.3 is 19.3 Å². The molecule has 8 heteroatoms. The molecule has 3 rings (SSSR count). The summed E-state index contributed by atoms with van der Waals surface area (Å²) in [6.07, 6.45) is 0. The highest BCUT2D eigenvalue weighted by atomic mass is 79.9. The van der Waals surface area contributed by atoms with Gasteiger partial charge in [-0.1, -0.05) is 17.7 Å². The molecule has 0 spiro atoms. The molecule has 114 valence electrons. The van der Waals surface area contributed by atoms with Gasteiger partial charge in [0.15, 0.2) is 10.4 Å². The third-order valence-corrected chi connectivity index (χ3v) is 3.65. The van der Waals surface area contributed by atoms with Crippen molar-refractivity contribution in [1.29, 1.82) is 0 Å². The minimum atomic E-state index is -0.0517. The quantitative estimate of drug-likeness (QED) is 0.695. The zero-order valence-electron chi connectivity index (χ0n) is 11.2. The number of rotatable bonds is 5. The Labute approximate surface area is 139 Å². The van der Waals surface area contributed by atoms with Crippen molar-refractivity contribution in [1.82, 2.24) is 10.2 Å². The summed E-state index contributed by atoms with van der Waals surface area (Å²) in [5, 5.41) is 20.7. The van der Waals surface area contributed by atoms with E-state index in [1.807, 2.05) is 0 Å². The molecule has 0 aliphatic carbocycles. The van der Waals surface area contributed by atoms with Crippen LogP contribution >= 0.6 is 27.5 Å². The van der Waals surface area contributed by atoms with E-state index in [0.29, 0.717) is 39.5 Å². The van der Waals surface area contributed by atoms with Crippen LogP contribution in [0.25, 0.3) is 11.7 Å². The fraction of sp³-hybridized carbons (Fsp3) is 0.143. The molecule has 0 unspecified atom stereocenters. The van der Waals surface area contributed by atoms with Crippen LogP contribution in [0.3, 0.4) is 0 Å². The number of halogens is 2. The molecule has 2 N–H and O–H groups in total. The molecule has 22 heavy (non-hydrogen) atoms. The van der Waals surface area contributed by atoms with Crippen molar-refractivity contribution in [3.8, 4) is 11.7 Å². The second-order valence-electron chi connectivity index (χ2n) is 4.43. The number of anilines is 1. The van der Waals surface area contributed by atoms with Crippen molar-refractivity contribution in [2.24, 2.45) is 0 Å². The first-order chi connectivity index (χ1) is 10.7. The molecular weight excluding hydrogens is 374 g/mol. The Morgan fingerprint density at radius 1 is 1.18 bits per heavy atom. The molecule has 0 saturated heterocycles.